The highest BCUT2D eigenvalue weighted by Crippen LogP contribution is 2.23. The zero-order valence-corrected chi connectivity index (χ0v) is 23.1. The molecule has 0 bridgehead atoms. The molecule has 3 heterocycles. The van der Waals surface area contributed by atoms with Crippen molar-refractivity contribution in [1.29, 1.82) is 0 Å². The fourth-order valence-electron chi connectivity index (χ4n) is 4.69. The number of amides is 1. The summed E-state index contributed by atoms with van der Waals surface area (Å²) in [6, 6.07) is 10.3. The van der Waals surface area contributed by atoms with Crippen molar-refractivity contribution in [3.05, 3.63) is 76.1 Å². The summed E-state index contributed by atoms with van der Waals surface area (Å²) in [6.45, 7) is 3.34. The van der Waals surface area contributed by atoms with Crippen LogP contribution >= 0.6 is 0 Å². The summed E-state index contributed by atoms with van der Waals surface area (Å²) in [5, 5.41) is 10.7. The Morgan fingerprint density at radius 2 is 1.76 bits per heavy atom. The Labute approximate surface area is 240 Å². The predicted molar refractivity (Wildman–Crippen MR) is 148 cm³/mol. The van der Waals surface area contributed by atoms with E-state index in [4.69, 9.17) is 0 Å². The van der Waals surface area contributed by atoms with Crippen LogP contribution in [0.15, 0.2) is 53.5 Å². The van der Waals surface area contributed by atoms with Gasteiger partial charge in [0.25, 0.3) is 0 Å². The van der Waals surface area contributed by atoms with E-state index in [0.29, 0.717) is 42.8 Å². The summed E-state index contributed by atoms with van der Waals surface area (Å²) >= 11 is 0. The summed E-state index contributed by atoms with van der Waals surface area (Å²) in [5.74, 6) is -0.551. The number of ether oxygens (including phenoxy) is 1. The number of carbonyl (C=O) groups is 2. The lowest BCUT2D eigenvalue weighted by Gasteiger charge is -2.13. The number of anilines is 1. The van der Waals surface area contributed by atoms with Gasteiger partial charge in [-0.2, -0.15) is 10.1 Å². The number of benzene rings is 1. The van der Waals surface area contributed by atoms with Crippen LogP contribution in [0.3, 0.4) is 0 Å². The van der Waals surface area contributed by atoms with Crippen molar-refractivity contribution in [2.24, 2.45) is 0 Å². The van der Waals surface area contributed by atoms with E-state index in [9.17, 15) is 27.6 Å². The number of nitrogens with one attached hydrogen (secondary N) is 1. The van der Waals surface area contributed by atoms with Crippen molar-refractivity contribution in [3.8, 4) is 5.75 Å². The van der Waals surface area contributed by atoms with Gasteiger partial charge in [-0.25, -0.2) is 4.79 Å². The van der Waals surface area contributed by atoms with Gasteiger partial charge < -0.3 is 15.0 Å². The SMILES string of the molecule is O=C(CCN1CCCC1)Cc1ccn(CCCCc2ccc(NC(=O)Cc3cccc(OC(F)(F)F)c3)nn2)c(=O)n1. The predicted octanol–water partition coefficient (Wildman–Crippen LogP) is 3.73. The summed E-state index contributed by atoms with van der Waals surface area (Å²) in [5.41, 5.74) is 1.18. The number of aryl methyl sites for hydroxylation is 2. The van der Waals surface area contributed by atoms with Gasteiger partial charge in [0.1, 0.15) is 11.5 Å². The molecule has 42 heavy (non-hydrogen) atoms. The average Bonchev–Trinajstić information content (AvgIpc) is 3.45. The topological polar surface area (TPSA) is 119 Å². The monoisotopic (exact) mass is 586 g/mol. The Bertz CT molecular complexity index is 1410. The Kier molecular flexibility index (Phi) is 10.8. The second-order valence-electron chi connectivity index (χ2n) is 10.2. The maximum absolute atomic E-state index is 12.4. The molecule has 3 aromatic rings. The zero-order valence-electron chi connectivity index (χ0n) is 23.1. The summed E-state index contributed by atoms with van der Waals surface area (Å²) in [6.07, 6.45) is 1.76. The number of unbranched alkanes of at least 4 members (excludes halogenated alkanes) is 1. The van der Waals surface area contributed by atoms with Gasteiger partial charge in [0.05, 0.1) is 17.8 Å². The first kappa shape index (κ1) is 30.8. The van der Waals surface area contributed by atoms with Crippen LogP contribution in [0, 0.1) is 0 Å². The molecular formula is C29H33F3N6O4. The maximum Gasteiger partial charge on any atom is 0.573 e. The molecule has 0 radical (unpaired) electrons. The number of nitrogens with zero attached hydrogens (tertiary/aromatic N) is 5. The number of aromatic nitrogens is 4. The van der Waals surface area contributed by atoms with E-state index in [2.05, 4.69) is 30.1 Å². The molecule has 10 nitrogen and oxygen atoms in total. The van der Waals surface area contributed by atoms with Crippen molar-refractivity contribution >= 4 is 17.5 Å². The number of hydrogen-bond acceptors (Lipinski definition) is 8. The number of rotatable bonds is 14. The molecule has 0 spiro atoms. The molecule has 2 aromatic heterocycles. The molecular weight excluding hydrogens is 553 g/mol. The molecule has 1 saturated heterocycles. The van der Waals surface area contributed by atoms with E-state index >= 15 is 0 Å². The highest BCUT2D eigenvalue weighted by molar-refractivity contribution is 5.91. The number of Topliss-reactive ketones (excluding diaryl/α,β-unsaturated/α-hetero) is 1. The van der Waals surface area contributed by atoms with Gasteiger partial charge in [-0.3, -0.25) is 14.2 Å². The van der Waals surface area contributed by atoms with Gasteiger partial charge in [0.2, 0.25) is 5.91 Å². The number of carbonyl (C=O) groups excluding carboxylic acids is 2. The third kappa shape index (κ3) is 10.4. The molecule has 4 rings (SSSR count). The lowest BCUT2D eigenvalue weighted by molar-refractivity contribution is -0.274. The molecule has 1 aliphatic rings. The highest BCUT2D eigenvalue weighted by atomic mass is 19.4. The van der Waals surface area contributed by atoms with Gasteiger partial charge in [0.15, 0.2) is 5.82 Å². The molecule has 1 aliphatic heterocycles. The Morgan fingerprint density at radius 3 is 2.48 bits per heavy atom. The van der Waals surface area contributed by atoms with E-state index in [0.717, 1.165) is 38.2 Å². The van der Waals surface area contributed by atoms with Crippen LogP contribution in [-0.4, -0.2) is 62.3 Å². The second kappa shape index (κ2) is 14.7. The number of halogens is 3. The molecule has 0 aliphatic carbocycles. The molecule has 1 aromatic carbocycles. The van der Waals surface area contributed by atoms with E-state index < -0.39 is 18.0 Å². The lowest BCUT2D eigenvalue weighted by atomic mass is 10.1. The Balaban J connectivity index is 1.16. The van der Waals surface area contributed by atoms with Crippen LogP contribution in [0.5, 0.6) is 5.75 Å². The second-order valence-corrected chi connectivity index (χ2v) is 10.2. The van der Waals surface area contributed by atoms with Crippen molar-refractivity contribution < 1.29 is 27.5 Å². The minimum Gasteiger partial charge on any atom is -0.406 e. The van der Waals surface area contributed by atoms with Crippen molar-refractivity contribution in [1.82, 2.24) is 24.6 Å². The first-order chi connectivity index (χ1) is 20.1. The fraction of sp³-hybridized carbons (Fsp3) is 0.448. The quantitative estimate of drug-likeness (QED) is 0.284. The number of ketones is 1. The van der Waals surface area contributed by atoms with Crippen LogP contribution < -0.4 is 15.7 Å². The van der Waals surface area contributed by atoms with E-state index in [1.165, 1.54) is 29.5 Å². The molecule has 1 amide bonds. The van der Waals surface area contributed by atoms with Crippen LogP contribution in [0.2, 0.25) is 0 Å². The number of likely N-dealkylation sites (tertiary alicyclic amines) is 1. The molecule has 0 saturated carbocycles. The van der Waals surface area contributed by atoms with Gasteiger partial charge in [-0.1, -0.05) is 12.1 Å². The fourth-order valence-corrected chi connectivity index (χ4v) is 4.69. The van der Waals surface area contributed by atoms with Crippen LogP contribution in [0.25, 0.3) is 0 Å². The van der Waals surface area contributed by atoms with E-state index in [1.54, 1.807) is 24.4 Å². The lowest BCUT2D eigenvalue weighted by Crippen LogP contribution is -2.26. The van der Waals surface area contributed by atoms with Crippen LogP contribution in [-0.2, 0) is 35.4 Å². The van der Waals surface area contributed by atoms with Crippen LogP contribution in [0.4, 0.5) is 19.0 Å². The molecule has 1 N–H and O–H groups in total. The Hall–Kier alpha value is -4.13. The summed E-state index contributed by atoms with van der Waals surface area (Å²) in [4.78, 5) is 43.3. The van der Waals surface area contributed by atoms with Crippen molar-refractivity contribution in [2.75, 3.05) is 25.0 Å². The zero-order chi connectivity index (χ0) is 30.0. The minimum atomic E-state index is -4.81. The normalized spacial score (nSPS) is 13.7. The number of alkyl halides is 3. The molecule has 0 unspecified atom stereocenters. The van der Waals surface area contributed by atoms with Crippen LogP contribution in [0.1, 0.15) is 49.1 Å². The summed E-state index contributed by atoms with van der Waals surface area (Å²) in [7, 11) is 0. The first-order valence-corrected chi connectivity index (χ1v) is 13.9. The summed E-state index contributed by atoms with van der Waals surface area (Å²) < 4.78 is 42.6. The van der Waals surface area contributed by atoms with Gasteiger partial charge >= 0.3 is 12.1 Å². The Morgan fingerprint density at radius 1 is 0.952 bits per heavy atom. The standard InChI is InChI=1S/C29H33F3N6O4/c30-29(31,32)42-25-8-5-6-21(18-25)19-27(40)34-26-10-9-22(35-36-26)7-1-2-15-38-17-11-23(33-28(38)41)20-24(39)12-16-37-13-3-4-14-37/h5-6,8-11,17-18H,1-4,7,12-16,19-20H2,(H,34,36,40). The van der Waals surface area contributed by atoms with E-state index in [-0.39, 0.29) is 30.1 Å². The largest absolute Gasteiger partial charge is 0.573 e. The van der Waals surface area contributed by atoms with E-state index in [1.807, 2.05) is 0 Å². The third-order valence-corrected chi connectivity index (χ3v) is 6.78. The third-order valence-electron chi connectivity index (χ3n) is 6.78. The first-order valence-electron chi connectivity index (χ1n) is 13.9. The molecule has 13 heteroatoms. The molecule has 1 fully saturated rings. The highest BCUT2D eigenvalue weighted by Gasteiger charge is 2.31. The molecule has 0 atom stereocenters. The maximum atomic E-state index is 12.4. The van der Waals surface area contributed by atoms with Gasteiger partial charge in [-0.05, 0) is 81.1 Å². The van der Waals surface area contributed by atoms with Crippen molar-refractivity contribution in [2.45, 2.75) is 64.3 Å². The average molecular weight is 587 g/mol. The van der Waals surface area contributed by atoms with Gasteiger partial charge in [0, 0.05) is 32.1 Å². The van der Waals surface area contributed by atoms with Gasteiger partial charge in [-0.15, -0.1) is 18.3 Å². The minimum absolute atomic E-state index is 0.0861. The molecule has 224 valence electrons. The van der Waals surface area contributed by atoms with Crippen molar-refractivity contribution in [3.63, 3.8) is 0 Å². The smallest absolute Gasteiger partial charge is 0.406 e. The number of hydrogen-bond donors (Lipinski definition) is 1.